The molecule has 160 valence electrons. The Bertz CT molecular complexity index is 870. The summed E-state index contributed by atoms with van der Waals surface area (Å²) >= 11 is 1.19. The maximum absolute atomic E-state index is 12.1. The van der Waals surface area contributed by atoms with E-state index < -0.39 is 10.0 Å². The molecule has 3 N–H and O–H groups in total. The molecule has 0 bridgehead atoms. The number of guanidine groups is 1. The summed E-state index contributed by atoms with van der Waals surface area (Å²) in [5.41, 5.74) is 0. The number of para-hydroxylation sites is 2. The zero-order valence-corrected chi connectivity index (χ0v) is 18.5. The summed E-state index contributed by atoms with van der Waals surface area (Å²) in [6, 6.07) is 10.7. The lowest BCUT2D eigenvalue weighted by molar-refractivity contribution is 0.219. The van der Waals surface area contributed by atoms with Gasteiger partial charge in [-0.15, -0.1) is 11.3 Å². The fourth-order valence-corrected chi connectivity index (χ4v) is 4.45. The zero-order valence-electron chi connectivity index (χ0n) is 16.8. The molecule has 1 aromatic carbocycles. The van der Waals surface area contributed by atoms with Crippen molar-refractivity contribution >= 4 is 27.3 Å². The molecular weight excluding hydrogens is 412 g/mol. The summed E-state index contributed by atoms with van der Waals surface area (Å²) in [4.78, 5) is 4.50. The van der Waals surface area contributed by atoms with E-state index in [0.29, 0.717) is 41.3 Å². The standard InChI is InChI=1S/C19H28N4O4S2/c1-4-20-19(21-11-12-23-29(24,25)18-10-7-13-28-18)22-14-15(2)27-17-9-6-5-8-16(17)26-3/h5-10,13,15,23H,4,11-12,14H2,1-3H3,(H2,20,21,22). The van der Waals surface area contributed by atoms with Crippen molar-refractivity contribution in [2.45, 2.75) is 24.2 Å². The van der Waals surface area contributed by atoms with Gasteiger partial charge in [-0.2, -0.15) is 0 Å². The molecule has 0 spiro atoms. The van der Waals surface area contributed by atoms with Crippen molar-refractivity contribution in [2.75, 3.05) is 33.3 Å². The summed E-state index contributed by atoms with van der Waals surface area (Å²) in [5.74, 6) is 1.93. The maximum Gasteiger partial charge on any atom is 0.250 e. The SMILES string of the molecule is CCNC(=NCC(C)Oc1ccccc1OC)NCCNS(=O)(=O)c1cccs1. The number of rotatable bonds is 11. The molecule has 8 nitrogen and oxygen atoms in total. The Kier molecular flexibility index (Phi) is 9.23. The van der Waals surface area contributed by atoms with E-state index in [2.05, 4.69) is 20.3 Å². The summed E-state index contributed by atoms with van der Waals surface area (Å²) in [6.07, 6.45) is -0.168. The minimum Gasteiger partial charge on any atom is -0.493 e. The van der Waals surface area contributed by atoms with Crippen LogP contribution in [0.5, 0.6) is 11.5 Å². The fourth-order valence-electron chi connectivity index (χ4n) is 2.39. The van der Waals surface area contributed by atoms with Crippen molar-refractivity contribution < 1.29 is 17.9 Å². The van der Waals surface area contributed by atoms with Gasteiger partial charge < -0.3 is 20.1 Å². The highest BCUT2D eigenvalue weighted by atomic mass is 32.2. The van der Waals surface area contributed by atoms with Crippen LogP contribution in [0.4, 0.5) is 0 Å². The van der Waals surface area contributed by atoms with Crippen LogP contribution < -0.4 is 24.8 Å². The molecular formula is C19H28N4O4S2. The summed E-state index contributed by atoms with van der Waals surface area (Å²) in [7, 11) is -1.86. The van der Waals surface area contributed by atoms with Gasteiger partial charge in [-0.1, -0.05) is 18.2 Å². The van der Waals surface area contributed by atoms with Gasteiger partial charge in [0, 0.05) is 19.6 Å². The Hall–Kier alpha value is -2.30. The molecule has 2 rings (SSSR count). The molecule has 1 unspecified atom stereocenters. The van der Waals surface area contributed by atoms with Gasteiger partial charge >= 0.3 is 0 Å². The maximum atomic E-state index is 12.1. The Morgan fingerprint density at radius 2 is 1.90 bits per heavy atom. The largest absolute Gasteiger partial charge is 0.493 e. The minimum absolute atomic E-state index is 0.168. The third-order valence-corrected chi connectivity index (χ3v) is 6.58. The van der Waals surface area contributed by atoms with Crippen molar-refractivity contribution in [2.24, 2.45) is 4.99 Å². The lowest BCUT2D eigenvalue weighted by Crippen LogP contribution is -2.42. The molecule has 10 heteroatoms. The van der Waals surface area contributed by atoms with Crippen LogP contribution in [0, 0.1) is 0 Å². The van der Waals surface area contributed by atoms with Crippen LogP contribution >= 0.6 is 11.3 Å². The van der Waals surface area contributed by atoms with Crippen molar-refractivity contribution in [3.8, 4) is 11.5 Å². The molecule has 2 aromatic rings. The van der Waals surface area contributed by atoms with E-state index in [1.165, 1.54) is 11.3 Å². The molecule has 1 aromatic heterocycles. The first kappa shape index (κ1) is 23.0. The minimum atomic E-state index is -3.46. The van der Waals surface area contributed by atoms with E-state index >= 15 is 0 Å². The average Bonchev–Trinajstić information content (AvgIpc) is 3.25. The highest BCUT2D eigenvalue weighted by molar-refractivity contribution is 7.91. The second-order valence-corrected chi connectivity index (χ2v) is 9.00. The molecule has 0 aliphatic rings. The lowest BCUT2D eigenvalue weighted by Gasteiger charge is -2.16. The second kappa shape index (κ2) is 11.6. The molecule has 0 saturated heterocycles. The first-order chi connectivity index (χ1) is 14.0. The summed E-state index contributed by atoms with van der Waals surface area (Å²) in [6.45, 7) is 5.65. The fraction of sp³-hybridized carbons (Fsp3) is 0.421. The van der Waals surface area contributed by atoms with Crippen LogP contribution in [0.25, 0.3) is 0 Å². The summed E-state index contributed by atoms with van der Waals surface area (Å²) < 4.78 is 38.3. The highest BCUT2D eigenvalue weighted by Crippen LogP contribution is 2.26. The second-order valence-electron chi connectivity index (χ2n) is 6.06. The molecule has 0 fully saturated rings. The van der Waals surface area contributed by atoms with Gasteiger partial charge in [0.15, 0.2) is 17.5 Å². The van der Waals surface area contributed by atoms with E-state index in [0.717, 1.165) is 0 Å². The van der Waals surface area contributed by atoms with E-state index in [1.54, 1.807) is 24.6 Å². The number of nitrogens with one attached hydrogen (secondary N) is 3. The number of ether oxygens (including phenoxy) is 2. The van der Waals surface area contributed by atoms with E-state index in [1.807, 2.05) is 38.1 Å². The predicted molar refractivity (Wildman–Crippen MR) is 117 cm³/mol. The quantitative estimate of drug-likeness (QED) is 0.281. The molecule has 29 heavy (non-hydrogen) atoms. The Morgan fingerprint density at radius 3 is 2.55 bits per heavy atom. The van der Waals surface area contributed by atoms with Crippen LogP contribution in [-0.4, -0.2) is 53.8 Å². The van der Waals surface area contributed by atoms with Gasteiger partial charge in [-0.05, 0) is 37.4 Å². The molecule has 0 amide bonds. The number of benzene rings is 1. The number of sulfonamides is 1. The predicted octanol–water partition coefficient (Wildman–Crippen LogP) is 2.06. The Morgan fingerprint density at radius 1 is 1.14 bits per heavy atom. The van der Waals surface area contributed by atoms with Crippen molar-refractivity contribution in [3.63, 3.8) is 0 Å². The van der Waals surface area contributed by atoms with E-state index in [9.17, 15) is 8.42 Å². The molecule has 1 atom stereocenters. The van der Waals surface area contributed by atoms with Crippen LogP contribution in [0.3, 0.4) is 0 Å². The van der Waals surface area contributed by atoms with Gasteiger partial charge in [-0.3, -0.25) is 0 Å². The van der Waals surface area contributed by atoms with Gasteiger partial charge in [0.1, 0.15) is 10.3 Å². The van der Waals surface area contributed by atoms with Gasteiger partial charge in [0.05, 0.1) is 13.7 Å². The third-order valence-electron chi connectivity index (χ3n) is 3.72. The van der Waals surface area contributed by atoms with Crippen LogP contribution in [0.2, 0.25) is 0 Å². The number of methoxy groups -OCH3 is 1. The molecule has 0 radical (unpaired) electrons. The monoisotopic (exact) mass is 440 g/mol. The third kappa shape index (κ3) is 7.56. The van der Waals surface area contributed by atoms with Crippen molar-refractivity contribution in [1.29, 1.82) is 0 Å². The van der Waals surface area contributed by atoms with Crippen LogP contribution in [0.15, 0.2) is 51.0 Å². The first-order valence-electron chi connectivity index (χ1n) is 9.31. The average molecular weight is 441 g/mol. The number of nitrogens with zero attached hydrogens (tertiary/aromatic N) is 1. The molecule has 0 aliphatic heterocycles. The van der Waals surface area contributed by atoms with Crippen molar-refractivity contribution in [1.82, 2.24) is 15.4 Å². The number of hydrogen-bond acceptors (Lipinski definition) is 6. The Balaban J connectivity index is 1.82. The van der Waals surface area contributed by atoms with Gasteiger partial charge in [0.25, 0.3) is 0 Å². The number of thiophene rings is 1. The summed E-state index contributed by atoms with van der Waals surface area (Å²) in [5, 5.41) is 7.98. The molecule has 1 heterocycles. The normalized spacial score (nSPS) is 13.0. The topological polar surface area (TPSA) is 101 Å². The van der Waals surface area contributed by atoms with E-state index in [4.69, 9.17) is 9.47 Å². The smallest absolute Gasteiger partial charge is 0.250 e. The number of aliphatic imine (C=N–C) groups is 1. The Labute approximate surface area is 176 Å². The van der Waals surface area contributed by atoms with Crippen molar-refractivity contribution in [3.05, 3.63) is 41.8 Å². The van der Waals surface area contributed by atoms with Gasteiger partial charge in [0.2, 0.25) is 10.0 Å². The molecule has 0 saturated carbocycles. The van der Waals surface area contributed by atoms with Crippen LogP contribution in [0.1, 0.15) is 13.8 Å². The zero-order chi connectivity index (χ0) is 21.1. The van der Waals surface area contributed by atoms with Crippen LogP contribution in [-0.2, 0) is 10.0 Å². The van der Waals surface area contributed by atoms with E-state index in [-0.39, 0.29) is 12.6 Å². The van der Waals surface area contributed by atoms with Gasteiger partial charge in [-0.25, -0.2) is 18.1 Å². The lowest BCUT2D eigenvalue weighted by atomic mass is 10.3. The first-order valence-corrected chi connectivity index (χ1v) is 11.7. The number of hydrogen-bond donors (Lipinski definition) is 3. The highest BCUT2D eigenvalue weighted by Gasteiger charge is 2.14. The molecule has 0 aliphatic carbocycles.